The molecule has 1 amide bonds. The summed E-state index contributed by atoms with van der Waals surface area (Å²) in [5, 5.41) is 14.1. The van der Waals surface area contributed by atoms with Crippen molar-refractivity contribution in [3.05, 3.63) is 57.6 Å². The number of fused-ring (bicyclic) bond motifs is 1. The second-order valence-electron chi connectivity index (χ2n) is 6.53. The number of rotatable bonds is 4. The van der Waals surface area contributed by atoms with Crippen LogP contribution in [0.1, 0.15) is 22.8 Å². The number of hydrogen-bond acceptors (Lipinski definition) is 4. The number of nitrogens with one attached hydrogen (secondary N) is 1. The van der Waals surface area contributed by atoms with Crippen molar-refractivity contribution < 1.29 is 14.7 Å². The lowest BCUT2D eigenvalue weighted by Crippen LogP contribution is -2.44. The maximum Gasteiger partial charge on any atom is 0.261 e. The molecule has 7 heteroatoms. The van der Waals surface area contributed by atoms with Gasteiger partial charge in [-0.3, -0.25) is 9.59 Å². The number of carbonyl (C=O) groups excluding carboxylic acids is 2. The Kier molecular flexibility index (Phi) is 4.73. The molecule has 2 unspecified atom stereocenters. The fraction of sp³-hybridized carbons (Fsp3) is 0.263. The largest absolute Gasteiger partial charge is 0.378 e. The number of carbonyl (C=O) groups is 2. The van der Waals surface area contributed by atoms with E-state index in [9.17, 15) is 14.7 Å². The predicted molar refractivity (Wildman–Crippen MR) is 103 cm³/mol. The van der Waals surface area contributed by atoms with Crippen LogP contribution in [0.15, 0.2) is 36.4 Å². The van der Waals surface area contributed by atoms with E-state index in [1.165, 1.54) is 19.1 Å². The van der Waals surface area contributed by atoms with E-state index in [1.807, 2.05) is 19.0 Å². The number of Topliss-reactive ketones (excluding diaryl/α,β-unsaturated/α-hetero) is 1. The molecule has 0 bridgehead atoms. The summed E-state index contributed by atoms with van der Waals surface area (Å²) < 4.78 is 0. The third kappa shape index (κ3) is 2.76. The summed E-state index contributed by atoms with van der Waals surface area (Å²) >= 11 is 12.3. The van der Waals surface area contributed by atoms with E-state index < -0.39 is 17.4 Å². The molecule has 0 spiro atoms. The lowest BCUT2D eigenvalue weighted by molar-refractivity contribution is -0.137. The predicted octanol–water partition coefficient (Wildman–Crippen LogP) is 3.72. The van der Waals surface area contributed by atoms with Crippen LogP contribution < -0.4 is 10.2 Å². The molecule has 1 heterocycles. The molecule has 0 radical (unpaired) electrons. The third-order valence-corrected chi connectivity index (χ3v) is 5.39. The summed E-state index contributed by atoms with van der Waals surface area (Å²) in [6.45, 7) is 1.51. The Labute approximate surface area is 161 Å². The van der Waals surface area contributed by atoms with Gasteiger partial charge in [-0.05, 0) is 36.4 Å². The Morgan fingerprint density at radius 3 is 2.27 bits per heavy atom. The molecule has 3 rings (SSSR count). The van der Waals surface area contributed by atoms with E-state index in [1.54, 1.807) is 24.3 Å². The highest BCUT2D eigenvalue weighted by atomic mass is 35.5. The highest BCUT2D eigenvalue weighted by molar-refractivity contribution is 6.38. The molecular weight excluding hydrogens is 375 g/mol. The first-order valence-electron chi connectivity index (χ1n) is 8.01. The van der Waals surface area contributed by atoms with Gasteiger partial charge in [0.15, 0.2) is 11.4 Å². The van der Waals surface area contributed by atoms with Gasteiger partial charge in [-0.1, -0.05) is 30.1 Å². The number of anilines is 2. The molecule has 1 aliphatic rings. The lowest BCUT2D eigenvalue weighted by Gasteiger charge is -2.28. The van der Waals surface area contributed by atoms with Gasteiger partial charge in [-0.15, -0.1) is 0 Å². The van der Waals surface area contributed by atoms with Gasteiger partial charge in [0, 0.05) is 35.9 Å². The summed E-state index contributed by atoms with van der Waals surface area (Å²) in [6.07, 6.45) is 0. The van der Waals surface area contributed by atoms with E-state index in [2.05, 4.69) is 5.32 Å². The van der Waals surface area contributed by atoms with Crippen LogP contribution >= 0.6 is 23.2 Å². The van der Waals surface area contributed by atoms with Gasteiger partial charge in [0.1, 0.15) is 0 Å². The molecule has 0 aliphatic carbocycles. The molecule has 5 nitrogen and oxygen atoms in total. The number of aliphatic hydroxyl groups is 1. The summed E-state index contributed by atoms with van der Waals surface area (Å²) in [5.74, 6) is -2.13. The van der Waals surface area contributed by atoms with Gasteiger partial charge in [-0.25, -0.2) is 0 Å². The topological polar surface area (TPSA) is 69.6 Å². The van der Waals surface area contributed by atoms with Crippen molar-refractivity contribution in [3.63, 3.8) is 0 Å². The van der Waals surface area contributed by atoms with E-state index >= 15 is 0 Å². The third-order valence-electron chi connectivity index (χ3n) is 4.76. The molecule has 136 valence electrons. The quantitative estimate of drug-likeness (QED) is 0.777. The van der Waals surface area contributed by atoms with Crippen LogP contribution in [0.5, 0.6) is 0 Å². The monoisotopic (exact) mass is 392 g/mol. The van der Waals surface area contributed by atoms with Crippen molar-refractivity contribution in [2.45, 2.75) is 12.5 Å². The van der Waals surface area contributed by atoms with Gasteiger partial charge in [0.2, 0.25) is 0 Å². The minimum atomic E-state index is -2.09. The number of nitrogens with zero attached hydrogens (tertiary/aromatic N) is 1. The second-order valence-corrected chi connectivity index (χ2v) is 7.34. The van der Waals surface area contributed by atoms with Gasteiger partial charge < -0.3 is 15.3 Å². The fourth-order valence-corrected chi connectivity index (χ4v) is 3.65. The number of amides is 1. The zero-order valence-electron chi connectivity index (χ0n) is 14.5. The highest BCUT2D eigenvalue weighted by Gasteiger charge is 2.53. The molecule has 2 N–H and O–H groups in total. The lowest BCUT2D eigenvalue weighted by atomic mass is 9.79. The minimum absolute atomic E-state index is 0.141. The van der Waals surface area contributed by atoms with Gasteiger partial charge in [0.25, 0.3) is 5.91 Å². The average molecular weight is 393 g/mol. The van der Waals surface area contributed by atoms with Crippen LogP contribution in [-0.2, 0) is 10.4 Å². The summed E-state index contributed by atoms with van der Waals surface area (Å²) in [7, 11) is 3.79. The maximum atomic E-state index is 12.9. The van der Waals surface area contributed by atoms with Gasteiger partial charge >= 0.3 is 0 Å². The molecule has 2 aromatic rings. The van der Waals surface area contributed by atoms with Crippen LogP contribution in [0.3, 0.4) is 0 Å². The highest BCUT2D eigenvalue weighted by Crippen LogP contribution is 2.48. The first kappa shape index (κ1) is 18.7. The first-order chi connectivity index (χ1) is 12.2. The smallest absolute Gasteiger partial charge is 0.261 e. The Hall–Kier alpha value is -2.08. The molecule has 1 aliphatic heterocycles. The Balaban J connectivity index is 2.02. The normalized spacial score (nSPS) is 19.7. The Bertz CT molecular complexity index is 896. The SMILES string of the molecule is CC(C(=O)c1ccc(N(C)C)cc1)C1(O)C(=O)Nc2c(Cl)ccc(Cl)c21. The summed E-state index contributed by atoms with van der Waals surface area (Å²) in [6, 6.07) is 9.97. The van der Waals surface area contributed by atoms with Gasteiger partial charge in [0.05, 0.1) is 16.6 Å². The zero-order chi connectivity index (χ0) is 19.2. The van der Waals surface area contributed by atoms with E-state index in [4.69, 9.17) is 23.2 Å². The van der Waals surface area contributed by atoms with Crippen LogP contribution in [0.2, 0.25) is 10.0 Å². The Morgan fingerprint density at radius 1 is 1.12 bits per heavy atom. The van der Waals surface area contributed by atoms with Crippen LogP contribution in [0.4, 0.5) is 11.4 Å². The van der Waals surface area contributed by atoms with Crippen molar-refractivity contribution in [1.82, 2.24) is 0 Å². The van der Waals surface area contributed by atoms with E-state index in [0.29, 0.717) is 5.56 Å². The van der Waals surface area contributed by atoms with Gasteiger partial charge in [-0.2, -0.15) is 0 Å². The standard InChI is InChI=1S/C19H18Cl2N2O3/c1-10(17(24)11-4-6-12(7-5-11)23(2)3)19(26)15-13(20)8-9-14(21)16(15)22-18(19)25/h4-10,26H,1-3H3,(H,22,25). The molecule has 26 heavy (non-hydrogen) atoms. The molecular formula is C19H18Cl2N2O3. The minimum Gasteiger partial charge on any atom is -0.378 e. The Morgan fingerprint density at radius 2 is 1.69 bits per heavy atom. The van der Waals surface area contributed by atoms with Crippen LogP contribution in [0, 0.1) is 5.92 Å². The molecule has 2 atom stereocenters. The summed E-state index contributed by atoms with van der Waals surface area (Å²) in [5.41, 5.74) is -0.367. The first-order valence-corrected chi connectivity index (χ1v) is 8.77. The number of hydrogen-bond donors (Lipinski definition) is 2. The van der Waals surface area contributed by atoms with E-state index in [0.717, 1.165) is 5.69 Å². The average Bonchev–Trinajstić information content (AvgIpc) is 2.90. The zero-order valence-corrected chi connectivity index (χ0v) is 16.0. The van der Waals surface area contributed by atoms with Crippen molar-refractivity contribution in [1.29, 1.82) is 0 Å². The van der Waals surface area contributed by atoms with Crippen molar-refractivity contribution >= 4 is 46.3 Å². The number of benzene rings is 2. The van der Waals surface area contributed by atoms with Crippen LogP contribution in [-0.4, -0.2) is 30.9 Å². The van der Waals surface area contributed by atoms with Crippen molar-refractivity contribution in [2.24, 2.45) is 5.92 Å². The molecule has 2 aromatic carbocycles. The van der Waals surface area contributed by atoms with Crippen molar-refractivity contribution in [3.8, 4) is 0 Å². The van der Waals surface area contributed by atoms with E-state index in [-0.39, 0.29) is 27.1 Å². The molecule has 0 fully saturated rings. The molecule has 0 saturated carbocycles. The fourth-order valence-electron chi connectivity index (χ4n) is 3.15. The maximum absolute atomic E-state index is 12.9. The number of ketones is 1. The van der Waals surface area contributed by atoms with Crippen molar-refractivity contribution in [2.75, 3.05) is 24.3 Å². The molecule has 0 saturated heterocycles. The van der Waals surface area contributed by atoms with Crippen LogP contribution in [0.25, 0.3) is 0 Å². The number of halogens is 2. The second kappa shape index (κ2) is 6.58. The summed E-state index contributed by atoms with van der Waals surface area (Å²) in [4.78, 5) is 27.4. The molecule has 0 aromatic heterocycles.